The molecule has 61 heavy (non-hydrogen) atoms. The van der Waals surface area contributed by atoms with Gasteiger partial charge in [-0.25, -0.2) is 4.79 Å². The molecule has 2 bridgehead atoms. The fraction of sp³-hybridized carbons (Fsp3) is 0.562. The van der Waals surface area contributed by atoms with Gasteiger partial charge in [0.2, 0.25) is 0 Å². The van der Waals surface area contributed by atoms with E-state index in [0.29, 0.717) is 37.1 Å². The van der Waals surface area contributed by atoms with Crippen LogP contribution in [0.25, 0.3) is 10.9 Å². The lowest BCUT2D eigenvalue weighted by molar-refractivity contribution is -0.217. The van der Waals surface area contributed by atoms with Gasteiger partial charge in [-0.1, -0.05) is 55.8 Å². The van der Waals surface area contributed by atoms with E-state index >= 15 is 4.79 Å². The second kappa shape index (κ2) is 15.2. The molecule has 13 heteroatoms. The average Bonchev–Trinajstić information content (AvgIpc) is 3.92. The Balaban J connectivity index is 1.34. The van der Waals surface area contributed by atoms with E-state index in [0.717, 1.165) is 72.4 Å². The Morgan fingerprint density at radius 1 is 1.05 bits per heavy atom. The molecule has 9 atom stereocenters. The number of esters is 2. The zero-order valence-corrected chi connectivity index (χ0v) is 36.6. The number of ether oxygens (including phenoxy) is 4. The van der Waals surface area contributed by atoms with Crippen molar-refractivity contribution in [1.82, 2.24) is 20.1 Å². The van der Waals surface area contributed by atoms with Crippen molar-refractivity contribution in [3.63, 3.8) is 0 Å². The number of nitrogens with zero attached hydrogens (tertiary/aromatic N) is 3. The molecule has 6 heterocycles. The molecule has 9 rings (SSSR count). The Kier molecular flexibility index (Phi) is 10.3. The van der Waals surface area contributed by atoms with E-state index in [1.807, 2.05) is 19.2 Å². The van der Waals surface area contributed by atoms with Crippen LogP contribution in [-0.4, -0.2) is 129 Å². The summed E-state index contributed by atoms with van der Waals surface area (Å²) in [4.78, 5) is 52.5. The molecule has 5 aliphatic heterocycles. The van der Waals surface area contributed by atoms with Crippen molar-refractivity contribution in [3.8, 4) is 5.75 Å². The van der Waals surface area contributed by atoms with Gasteiger partial charge in [-0.05, 0) is 74.8 Å². The molecule has 1 amide bonds. The number of likely N-dealkylation sites (N-methyl/N-ethyl adjacent to an activating group) is 1. The summed E-state index contributed by atoms with van der Waals surface area (Å²) in [5.74, 6) is -0.314. The standard InChI is InChI=1S/C48H61N5O8/c1-8-30-22-31-25-47(43(55)59-7,39-33(16-20-52(26-30)27-31)32-14-11-12-15-36(32)50-39)35-23-34-37(24-38(35)58-6)51(5)41-46(34)18-21-53-19-13-17-45(9-2,40(46)53)42(61-29(4)54)48(41,57)28-49-44(56)60-10-3/h11-15,17,22-24,31,40-42,50,57H,8-10,16,18-21,25-28H2,1-7H3,(H,49,56)/t31-,40-,41+,42+,45+,46+,47-,48?/m0/s1. The van der Waals surface area contributed by atoms with Crippen LogP contribution in [0.15, 0.2) is 60.2 Å². The number of aliphatic hydroxyl groups is 1. The number of benzene rings is 2. The number of hydrogen-bond donors (Lipinski definition) is 3. The lowest BCUT2D eigenvalue weighted by atomic mass is 9.47. The summed E-state index contributed by atoms with van der Waals surface area (Å²) in [6.07, 6.45) is 8.31. The third kappa shape index (κ3) is 5.85. The highest BCUT2D eigenvalue weighted by Gasteiger charge is 2.78. The first kappa shape index (κ1) is 41.5. The number of nitrogens with one attached hydrogen (secondary N) is 2. The van der Waals surface area contributed by atoms with Crippen LogP contribution in [0.5, 0.6) is 5.75 Å². The summed E-state index contributed by atoms with van der Waals surface area (Å²) >= 11 is 0. The Bertz CT molecular complexity index is 2320. The number of anilines is 1. The fourth-order valence-electron chi connectivity index (χ4n) is 13.4. The topological polar surface area (TPSA) is 146 Å². The number of amides is 1. The van der Waals surface area contributed by atoms with Gasteiger partial charge in [-0.15, -0.1) is 0 Å². The number of carbonyl (C=O) groups excluding carboxylic acids is 3. The van der Waals surface area contributed by atoms with Crippen LogP contribution in [-0.2, 0) is 41.1 Å². The van der Waals surface area contributed by atoms with Crippen LogP contribution in [0, 0.1) is 11.3 Å². The molecule has 13 nitrogen and oxygen atoms in total. The Morgan fingerprint density at radius 3 is 2.57 bits per heavy atom. The Hall–Kier alpha value is -4.85. The van der Waals surface area contributed by atoms with E-state index in [1.54, 1.807) is 14.0 Å². The lowest BCUT2D eigenvalue weighted by Crippen LogP contribution is -2.81. The van der Waals surface area contributed by atoms with E-state index in [4.69, 9.17) is 18.9 Å². The third-order valence-corrected chi connectivity index (χ3v) is 15.4. The molecule has 1 saturated carbocycles. The summed E-state index contributed by atoms with van der Waals surface area (Å²) in [5.41, 5.74) is 2.05. The second-order valence-electron chi connectivity index (χ2n) is 18.2. The van der Waals surface area contributed by atoms with Crippen LogP contribution in [0.4, 0.5) is 10.5 Å². The van der Waals surface area contributed by atoms with E-state index in [1.165, 1.54) is 19.6 Å². The van der Waals surface area contributed by atoms with Crippen LogP contribution >= 0.6 is 0 Å². The minimum Gasteiger partial charge on any atom is -0.496 e. The highest BCUT2D eigenvalue weighted by Crippen LogP contribution is 2.68. The highest BCUT2D eigenvalue weighted by atomic mass is 16.6. The van der Waals surface area contributed by atoms with Gasteiger partial charge in [-0.2, -0.15) is 0 Å². The second-order valence-corrected chi connectivity index (χ2v) is 18.2. The van der Waals surface area contributed by atoms with Crippen molar-refractivity contribution >= 4 is 34.6 Å². The van der Waals surface area contributed by atoms with Gasteiger partial charge in [0.15, 0.2) is 0 Å². The molecule has 1 aliphatic carbocycles. The van der Waals surface area contributed by atoms with Crippen LogP contribution < -0.4 is 15.0 Å². The number of hydrogen-bond acceptors (Lipinski definition) is 11. The summed E-state index contributed by atoms with van der Waals surface area (Å²) in [6.45, 7) is 11.3. The maximum atomic E-state index is 15.4. The van der Waals surface area contributed by atoms with E-state index in [9.17, 15) is 14.7 Å². The van der Waals surface area contributed by atoms with Gasteiger partial charge in [0.25, 0.3) is 0 Å². The quantitative estimate of drug-likeness (QED) is 0.145. The normalized spacial score (nSPS) is 33.5. The molecule has 3 aromatic rings. The number of methoxy groups -OCH3 is 2. The van der Waals surface area contributed by atoms with Gasteiger partial charge >= 0.3 is 18.0 Å². The van der Waals surface area contributed by atoms with Crippen molar-refractivity contribution < 1.29 is 38.4 Å². The first-order valence-electron chi connectivity index (χ1n) is 22.1. The molecule has 0 radical (unpaired) electrons. The van der Waals surface area contributed by atoms with Gasteiger partial charge in [0.1, 0.15) is 22.9 Å². The summed E-state index contributed by atoms with van der Waals surface area (Å²) < 4.78 is 24.1. The number of para-hydroxylation sites is 1. The molecular formula is C48H61N5O8. The SMILES string of the molecule is CCOC(=O)NCC1(O)[C@H](OC(C)=O)[C@]2(CC)C=CCN3CC[C@@]4(c5cc([C@@]6(C(=O)OC)C[C@@H]7C=C(CC)CN(CCc8c6[nH]c6ccccc86)C7)c(OC)cc5N(C)[C@@H]14)[C@@H]32. The minimum atomic E-state index is -1.81. The third-order valence-electron chi connectivity index (χ3n) is 15.4. The molecule has 3 N–H and O–H groups in total. The fourth-order valence-corrected chi connectivity index (χ4v) is 13.4. The number of carbonyl (C=O) groups is 3. The molecule has 1 aromatic heterocycles. The van der Waals surface area contributed by atoms with Gasteiger partial charge in [-0.3, -0.25) is 19.4 Å². The molecule has 1 saturated heterocycles. The molecule has 2 aromatic carbocycles. The van der Waals surface area contributed by atoms with Crippen molar-refractivity contribution in [2.75, 3.05) is 72.0 Å². The molecule has 326 valence electrons. The molecule has 2 unspecified atom stereocenters. The number of fused-ring (bicyclic) bond motifs is 6. The van der Waals surface area contributed by atoms with Crippen LogP contribution in [0.3, 0.4) is 0 Å². The largest absolute Gasteiger partial charge is 0.496 e. The first-order valence-corrected chi connectivity index (χ1v) is 22.1. The molecule has 2 fully saturated rings. The number of aromatic nitrogens is 1. The number of H-pyrrole nitrogens is 1. The van der Waals surface area contributed by atoms with Crippen molar-refractivity contribution in [2.24, 2.45) is 11.3 Å². The summed E-state index contributed by atoms with van der Waals surface area (Å²) in [7, 11) is 5.10. The Labute approximate surface area is 358 Å². The smallest absolute Gasteiger partial charge is 0.407 e. The zero-order chi connectivity index (χ0) is 43.1. The Morgan fingerprint density at radius 2 is 1.85 bits per heavy atom. The monoisotopic (exact) mass is 835 g/mol. The lowest BCUT2D eigenvalue weighted by Gasteiger charge is -2.64. The molecule has 1 spiro atoms. The molecular weight excluding hydrogens is 775 g/mol. The van der Waals surface area contributed by atoms with Gasteiger partial charge in [0, 0.05) is 90.9 Å². The predicted molar refractivity (Wildman–Crippen MR) is 232 cm³/mol. The van der Waals surface area contributed by atoms with Crippen molar-refractivity contribution in [1.29, 1.82) is 0 Å². The summed E-state index contributed by atoms with van der Waals surface area (Å²) in [5, 5.41) is 17.6. The van der Waals surface area contributed by atoms with Crippen molar-refractivity contribution in [3.05, 3.63) is 82.6 Å². The average molecular weight is 836 g/mol. The van der Waals surface area contributed by atoms with E-state index in [2.05, 4.69) is 81.3 Å². The highest BCUT2D eigenvalue weighted by molar-refractivity contribution is 5.94. The maximum absolute atomic E-state index is 15.4. The number of aromatic amines is 1. The van der Waals surface area contributed by atoms with Gasteiger partial charge in [0.05, 0.1) is 33.4 Å². The number of alkyl carbamates (subject to hydrolysis) is 1. The van der Waals surface area contributed by atoms with E-state index in [-0.39, 0.29) is 31.1 Å². The number of rotatable bonds is 9. The zero-order valence-electron chi connectivity index (χ0n) is 36.6. The van der Waals surface area contributed by atoms with E-state index < -0.39 is 46.1 Å². The predicted octanol–water partition coefficient (Wildman–Crippen LogP) is 5.37. The van der Waals surface area contributed by atoms with Crippen LogP contribution in [0.1, 0.15) is 75.8 Å². The molecule has 6 aliphatic rings. The minimum absolute atomic E-state index is 0.0307. The van der Waals surface area contributed by atoms with Crippen molar-refractivity contribution in [2.45, 2.75) is 94.4 Å². The van der Waals surface area contributed by atoms with Gasteiger partial charge < -0.3 is 39.3 Å². The van der Waals surface area contributed by atoms with Crippen LogP contribution in [0.2, 0.25) is 0 Å². The maximum Gasteiger partial charge on any atom is 0.407 e. The first-order chi connectivity index (χ1) is 29.4. The summed E-state index contributed by atoms with van der Waals surface area (Å²) in [6, 6.07) is 11.6.